The molecule has 2 heterocycles. The van der Waals surface area contributed by atoms with Gasteiger partial charge in [-0.1, -0.05) is 24.8 Å². The minimum atomic E-state index is -0.107. The minimum absolute atomic E-state index is 0.107. The SMILES string of the molecule is Cc1ccncc1-c1cc(N)c2cnc(NC(=O)C=C3CCCCCCC3)cc2c1. The van der Waals surface area contributed by atoms with Crippen molar-refractivity contribution < 1.29 is 4.79 Å². The number of carbonyl (C=O) groups is 1. The van der Waals surface area contributed by atoms with Crippen molar-refractivity contribution in [1.29, 1.82) is 0 Å². The Morgan fingerprint density at radius 2 is 1.83 bits per heavy atom. The van der Waals surface area contributed by atoms with Crippen LogP contribution in [0.1, 0.15) is 50.5 Å². The van der Waals surface area contributed by atoms with E-state index in [9.17, 15) is 4.79 Å². The Balaban J connectivity index is 1.59. The van der Waals surface area contributed by atoms with Crippen LogP contribution in [-0.2, 0) is 4.79 Å². The summed E-state index contributed by atoms with van der Waals surface area (Å²) in [6.07, 6.45) is 15.3. The molecule has 30 heavy (non-hydrogen) atoms. The normalized spacial score (nSPS) is 14.8. The molecule has 1 saturated carbocycles. The van der Waals surface area contributed by atoms with Gasteiger partial charge >= 0.3 is 0 Å². The van der Waals surface area contributed by atoms with Crippen LogP contribution in [0.3, 0.4) is 0 Å². The summed E-state index contributed by atoms with van der Waals surface area (Å²) in [5.74, 6) is 0.430. The van der Waals surface area contributed by atoms with Crippen molar-refractivity contribution in [2.75, 3.05) is 11.1 Å². The number of aryl methyl sites for hydroxylation is 1. The first-order chi connectivity index (χ1) is 14.6. The molecule has 1 amide bonds. The minimum Gasteiger partial charge on any atom is -0.398 e. The largest absolute Gasteiger partial charge is 0.398 e. The Hall–Kier alpha value is -3.21. The number of fused-ring (bicyclic) bond motifs is 1. The van der Waals surface area contributed by atoms with Gasteiger partial charge in [0, 0.05) is 41.3 Å². The predicted molar refractivity (Wildman–Crippen MR) is 123 cm³/mol. The number of nitrogens with two attached hydrogens (primary N) is 1. The Morgan fingerprint density at radius 1 is 1.07 bits per heavy atom. The molecule has 2 aromatic heterocycles. The van der Waals surface area contributed by atoms with E-state index in [-0.39, 0.29) is 5.91 Å². The highest BCUT2D eigenvalue weighted by atomic mass is 16.1. The topological polar surface area (TPSA) is 80.9 Å². The number of pyridine rings is 2. The van der Waals surface area contributed by atoms with Gasteiger partial charge in [0.15, 0.2) is 0 Å². The molecule has 3 aromatic rings. The van der Waals surface area contributed by atoms with Crippen molar-refractivity contribution in [3.05, 3.63) is 60.1 Å². The van der Waals surface area contributed by atoms with Crippen molar-refractivity contribution in [3.63, 3.8) is 0 Å². The first kappa shape index (κ1) is 20.1. The highest BCUT2D eigenvalue weighted by Crippen LogP contribution is 2.31. The van der Waals surface area contributed by atoms with Gasteiger partial charge < -0.3 is 11.1 Å². The number of allylic oxidation sites excluding steroid dienone is 1. The summed E-state index contributed by atoms with van der Waals surface area (Å²) in [4.78, 5) is 21.2. The first-order valence-electron chi connectivity index (χ1n) is 10.7. The fraction of sp³-hybridized carbons (Fsp3) is 0.320. The smallest absolute Gasteiger partial charge is 0.249 e. The van der Waals surface area contributed by atoms with Gasteiger partial charge in [-0.15, -0.1) is 0 Å². The van der Waals surface area contributed by atoms with Crippen LogP contribution in [0.5, 0.6) is 0 Å². The van der Waals surface area contributed by atoms with Gasteiger partial charge in [0.1, 0.15) is 5.82 Å². The molecule has 0 aliphatic heterocycles. The number of nitrogens with one attached hydrogen (secondary N) is 1. The third kappa shape index (κ3) is 4.67. The zero-order valence-corrected chi connectivity index (χ0v) is 17.4. The molecule has 0 radical (unpaired) electrons. The van der Waals surface area contributed by atoms with Crippen molar-refractivity contribution in [2.24, 2.45) is 0 Å². The Labute approximate surface area is 177 Å². The molecule has 5 heteroatoms. The summed E-state index contributed by atoms with van der Waals surface area (Å²) in [5, 5.41) is 4.74. The lowest BCUT2D eigenvalue weighted by atomic mass is 9.96. The number of nitrogens with zero attached hydrogens (tertiary/aromatic N) is 2. The highest BCUT2D eigenvalue weighted by molar-refractivity contribution is 6.02. The predicted octanol–water partition coefficient (Wildman–Crippen LogP) is 5.80. The molecule has 0 bridgehead atoms. The van der Waals surface area contributed by atoms with Crippen molar-refractivity contribution in [1.82, 2.24) is 9.97 Å². The van der Waals surface area contributed by atoms with Crippen LogP contribution in [0.2, 0.25) is 0 Å². The molecular formula is C25H28N4O. The van der Waals surface area contributed by atoms with Crippen molar-refractivity contribution in [2.45, 2.75) is 51.9 Å². The van der Waals surface area contributed by atoms with Gasteiger partial charge in [0.25, 0.3) is 0 Å². The maximum atomic E-state index is 12.6. The summed E-state index contributed by atoms with van der Waals surface area (Å²) in [6, 6.07) is 7.89. The number of amides is 1. The molecule has 1 aliphatic rings. The second kappa shape index (κ2) is 9.08. The number of anilines is 2. The number of hydrogen-bond acceptors (Lipinski definition) is 4. The molecule has 0 atom stereocenters. The Kier molecular flexibility index (Phi) is 6.07. The van der Waals surface area contributed by atoms with Gasteiger partial charge in [-0.3, -0.25) is 9.78 Å². The summed E-state index contributed by atoms with van der Waals surface area (Å²) in [6.45, 7) is 2.05. The number of nitrogen functional groups attached to an aromatic ring is 1. The van der Waals surface area contributed by atoms with Gasteiger partial charge in [0.2, 0.25) is 5.91 Å². The van der Waals surface area contributed by atoms with E-state index in [2.05, 4.69) is 28.3 Å². The van der Waals surface area contributed by atoms with E-state index in [4.69, 9.17) is 5.73 Å². The molecular weight excluding hydrogens is 372 g/mol. The number of benzene rings is 1. The van der Waals surface area contributed by atoms with Crippen molar-refractivity contribution >= 4 is 28.2 Å². The Bertz CT molecular complexity index is 1090. The molecule has 0 unspecified atom stereocenters. The average Bonchev–Trinajstić information content (AvgIpc) is 2.70. The molecule has 154 valence electrons. The summed E-state index contributed by atoms with van der Waals surface area (Å²) in [7, 11) is 0. The lowest BCUT2D eigenvalue weighted by Gasteiger charge is -2.12. The molecule has 0 spiro atoms. The molecule has 3 N–H and O–H groups in total. The Morgan fingerprint density at radius 3 is 2.60 bits per heavy atom. The molecule has 1 fully saturated rings. The second-order valence-corrected chi connectivity index (χ2v) is 8.11. The van der Waals surface area contributed by atoms with Crippen LogP contribution in [0, 0.1) is 6.92 Å². The summed E-state index contributed by atoms with van der Waals surface area (Å²) < 4.78 is 0. The van der Waals surface area contributed by atoms with Crippen LogP contribution in [0.4, 0.5) is 11.5 Å². The number of rotatable bonds is 3. The number of carbonyl (C=O) groups excluding carboxylic acids is 1. The third-order valence-corrected chi connectivity index (χ3v) is 5.80. The average molecular weight is 401 g/mol. The van der Waals surface area contributed by atoms with E-state index < -0.39 is 0 Å². The van der Waals surface area contributed by atoms with Gasteiger partial charge in [-0.25, -0.2) is 4.98 Å². The number of aromatic nitrogens is 2. The number of hydrogen-bond donors (Lipinski definition) is 2. The lowest BCUT2D eigenvalue weighted by Crippen LogP contribution is -2.10. The zero-order valence-electron chi connectivity index (χ0n) is 17.4. The zero-order chi connectivity index (χ0) is 20.9. The van der Waals surface area contributed by atoms with Crippen LogP contribution >= 0.6 is 0 Å². The van der Waals surface area contributed by atoms with E-state index >= 15 is 0 Å². The van der Waals surface area contributed by atoms with E-state index in [1.807, 2.05) is 24.4 Å². The monoisotopic (exact) mass is 400 g/mol. The van der Waals surface area contributed by atoms with E-state index in [1.54, 1.807) is 18.5 Å². The third-order valence-electron chi connectivity index (χ3n) is 5.80. The molecule has 1 aliphatic carbocycles. The van der Waals surface area contributed by atoms with Crippen molar-refractivity contribution in [3.8, 4) is 11.1 Å². The van der Waals surface area contributed by atoms with E-state index in [0.29, 0.717) is 11.5 Å². The maximum absolute atomic E-state index is 12.6. The molecule has 4 rings (SSSR count). The molecule has 0 saturated heterocycles. The quantitative estimate of drug-likeness (QED) is 0.430. The highest BCUT2D eigenvalue weighted by Gasteiger charge is 2.10. The summed E-state index contributed by atoms with van der Waals surface area (Å²) in [5.41, 5.74) is 11.4. The summed E-state index contributed by atoms with van der Waals surface area (Å²) >= 11 is 0. The van der Waals surface area contributed by atoms with Crippen LogP contribution in [0.25, 0.3) is 21.9 Å². The fourth-order valence-corrected chi connectivity index (χ4v) is 4.13. The first-order valence-corrected chi connectivity index (χ1v) is 10.7. The molecule has 1 aromatic carbocycles. The second-order valence-electron chi connectivity index (χ2n) is 8.11. The lowest BCUT2D eigenvalue weighted by molar-refractivity contribution is -0.112. The van der Waals surface area contributed by atoms with Gasteiger partial charge in [-0.2, -0.15) is 0 Å². The van der Waals surface area contributed by atoms with Gasteiger partial charge in [0.05, 0.1) is 0 Å². The van der Waals surface area contributed by atoms with E-state index in [0.717, 1.165) is 40.3 Å². The standard InChI is InChI=1S/C25H28N4O/c1-17-9-10-27-15-21(17)19-12-20-14-24(28-16-22(20)23(26)13-19)29-25(30)11-18-7-5-3-2-4-6-8-18/h9-16H,2-8,26H2,1H3,(H,28,29,30). The van der Waals surface area contributed by atoms with Crippen LogP contribution in [0.15, 0.2) is 54.5 Å². The van der Waals surface area contributed by atoms with Crippen LogP contribution < -0.4 is 11.1 Å². The molecule has 5 nitrogen and oxygen atoms in total. The fourth-order valence-electron chi connectivity index (χ4n) is 4.13. The maximum Gasteiger partial charge on any atom is 0.249 e. The van der Waals surface area contributed by atoms with Crippen LogP contribution in [-0.4, -0.2) is 15.9 Å². The van der Waals surface area contributed by atoms with E-state index in [1.165, 1.54) is 37.7 Å². The van der Waals surface area contributed by atoms with Gasteiger partial charge in [-0.05, 0) is 73.4 Å².